The van der Waals surface area contributed by atoms with Gasteiger partial charge in [-0.1, -0.05) is 50.2 Å². The Labute approximate surface area is 146 Å². The maximum Gasteiger partial charge on any atom is 0.161 e. The number of hydrogen-bond donors (Lipinski definition) is 1. The van der Waals surface area contributed by atoms with E-state index in [0.29, 0.717) is 13.2 Å². The minimum atomic E-state index is 0.549. The van der Waals surface area contributed by atoms with E-state index in [1.165, 1.54) is 12.0 Å². The van der Waals surface area contributed by atoms with Crippen LogP contribution in [0.5, 0.6) is 11.5 Å². The quantitative estimate of drug-likeness (QED) is 0.636. The summed E-state index contributed by atoms with van der Waals surface area (Å²) in [6.07, 6.45) is 1.19. The maximum absolute atomic E-state index is 5.94. The summed E-state index contributed by atoms with van der Waals surface area (Å²) in [5.41, 5.74) is 2.37. The third-order valence-corrected chi connectivity index (χ3v) is 3.77. The topological polar surface area (TPSA) is 30.5 Å². The molecule has 1 N–H and O–H groups in total. The highest BCUT2D eigenvalue weighted by Crippen LogP contribution is 2.29. The Morgan fingerprint density at radius 2 is 1.71 bits per heavy atom. The molecule has 0 bridgehead atoms. The molecule has 24 heavy (non-hydrogen) atoms. The van der Waals surface area contributed by atoms with Crippen LogP contribution in [0.15, 0.2) is 48.5 Å². The molecule has 2 rings (SSSR count). The summed E-state index contributed by atoms with van der Waals surface area (Å²) in [7, 11) is 0. The van der Waals surface area contributed by atoms with Crippen molar-refractivity contribution in [3.63, 3.8) is 0 Å². The van der Waals surface area contributed by atoms with E-state index < -0.39 is 0 Å². The molecule has 130 valence electrons. The number of hydrogen-bond acceptors (Lipinski definition) is 3. The summed E-state index contributed by atoms with van der Waals surface area (Å²) >= 11 is 0. The Morgan fingerprint density at radius 1 is 0.917 bits per heavy atom. The minimum Gasteiger partial charge on any atom is -0.490 e. The molecule has 0 amide bonds. The van der Waals surface area contributed by atoms with Gasteiger partial charge in [-0.25, -0.2) is 0 Å². The summed E-state index contributed by atoms with van der Waals surface area (Å²) in [4.78, 5) is 0. The van der Waals surface area contributed by atoms with Gasteiger partial charge in [-0.05, 0) is 49.1 Å². The normalized spacial score (nSPS) is 10.8. The van der Waals surface area contributed by atoms with Crippen molar-refractivity contribution < 1.29 is 9.47 Å². The number of ether oxygens (including phenoxy) is 2. The van der Waals surface area contributed by atoms with Gasteiger partial charge in [0.2, 0.25) is 0 Å². The molecule has 0 spiro atoms. The van der Waals surface area contributed by atoms with E-state index in [9.17, 15) is 0 Å². The third-order valence-electron chi connectivity index (χ3n) is 3.77. The van der Waals surface area contributed by atoms with Crippen LogP contribution in [-0.2, 0) is 13.2 Å². The van der Waals surface area contributed by atoms with Gasteiger partial charge in [-0.15, -0.1) is 0 Å². The highest BCUT2D eigenvalue weighted by molar-refractivity contribution is 5.43. The summed E-state index contributed by atoms with van der Waals surface area (Å²) < 4.78 is 11.7. The molecule has 2 aromatic carbocycles. The van der Waals surface area contributed by atoms with Crippen LogP contribution in [0.2, 0.25) is 0 Å². The molecule has 0 aliphatic heterocycles. The zero-order valence-electron chi connectivity index (χ0n) is 15.0. The second-order valence-corrected chi connectivity index (χ2v) is 6.35. The predicted octanol–water partition coefficient (Wildman–Crippen LogP) is 4.80. The molecule has 0 fully saturated rings. The van der Waals surface area contributed by atoms with E-state index in [-0.39, 0.29) is 0 Å². The maximum atomic E-state index is 5.94. The van der Waals surface area contributed by atoms with Crippen LogP contribution in [0.4, 0.5) is 0 Å². The second kappa shape index (κ2) is 9.99. The third kappa shape index (κ3) is 6.25. The van der Waals surface area contributed by atoms with Crippen LogP contribution in [0.3, 0.4) is 0 Å². The van der Waals surface area contributed by atoms with Gasteiger partial charge in [0.05, 0.1) is 6.61 Å². The monoisotopic (exact) mass is 327 g/mol. The predicted molar refractivity (Wildman–Crippen MR) is 99.5 cm³/mol. The molecular formula is C21H29NO2. The molecule has 0 atom stereocenters. The van der Waals surface area contributed by atoms with Crippen molar-refractivity contribution in [3.05, 3.63) is 59.7 Å². The first-order valence-corrected chi connectivity index (χ1v) is 8.82. The highest BCUT2D eigenvalue weighted by atomic mass is 16.5. The van der Waals surface area contributed by atoms with Crippen molar-refractivity contribution in [2.45, 2.75) is 40.3 Å². The van der Waals surface area contributed by atoms with Crippen molar-refractivity contribution in [1.29, 1.82) is 0 Å². The Balaban J connectivity index is 1.95. The Hall–Kier alpha value is -2.00. The summed E-state index contributed by atoms with van der Waals surface area (Å²) in [5, 5.41) is 3.48. The number of rotatable bonds is 10. The molecule has 0 aliphatic rings. The van der Waals surface area contributed by atoms with E-state index in [2.05, 4.69) is 43.4 Å². The smallest absolute Gasteiger partial charge is 0.161 e. The van der Waals surface area contributed by atoms with Crippen molar-refractivity contribution in [3.8, 4) is 11.5 Å². The molecule has 0 saturated carbocycles. The SMILES string of the molecule is CCOc1cc(CNCCC(C)C)ccc1OCc1ccccc1. The van der Waals surface area contributed by atoms with E-state index >= 15 is 0 Å². The first-order valence-electron chi connectivity index (χ1n) is 8.82. The van der Waals surface area contributed by atoms with Gasteiger partial charge in [0, 0.05) is 6.54 Å². The number of nitrogens with one attached hydrogen (secondary N) is 1. The van der Waals surface area contributed by atoms with Crippen molar-refractivity contribution in [1.82, 2.24) is 5.32 Å². The molecule has 0 heterocycles. The van der Waals surface area contributed by atoms with E-state index in [1.807, 2.05) is 31.2 Å². The van der Waals surface area contributed by atoms with Gasteiger partial charge in [-0.2, -0.15) is 0 Å². The average Bonchev–Trinajstić information content (AvgIpc) is 2.59. The molecule has 0 radical (unpaired) electrons. The van der Waals surface area contributed by atoms with Crippen LogP contribution < -0.4 is 14.8 Å². The average molecular weight is 327 g/mol. The molecule has 3 nitrogen and oxygen atoms in total. The fourth-order valence-electron chi connectivity index (χ4n) is 2.41. The van der Waals surface area contributed by atoms with Crippen molar-refractivity contribution in [2.75, 3.05) is 13.2 Å². The summed E-state index contributed by atoms with van der Waals surface area (Å²) in [5.74, 6) is 2.34. The van der Waals surface area contributed by atoms with Crippen molar-refractivity contribution >= 4 is 0 Å². The van der Waals surface area contributed by atoms with Gasteiger partial charge in [0.1, 0.15) is 6.61 Å². The van der Waals surface area contributed by atoms with E-state index in [1.54, 1.807) is 0 Å². The Bertz CT molecular complexity index is 596. The fourth-order valence-corrected chi connectivity index (χ4v) is 2.41. The fraction of sp³-hybridized carbons (Fsp3) is 0.429. The molecule has 3 heteroatoms. The van der Waals surface area contributed by atoms with Gasteiger partial charge in [0.25, 0.3) is 0 Å². The van der Waals surface area contributed by atoms with Gasteiger partial charge in [0.15, 0.2) is 11.5 Å². The van der Waals surface area contributed by atoms with Crippen LogP contribution in [0.1, 0.15) is 38.3 Å². The van der Waals surface area contributed by atoms with Crippen LogP contribution >= 0.6 is 0 Å². The summed E-state index contributed by atoms with van der Waals surface area (Å²) in [6.45, 7) is 9.55. The lowest BCUT2D eigenvalue weighted by atomic mass is 10.1. The zero-order valence-corrected chi connectivity index (χ0v) is 15.0. The lowest BCUT2D eigenvalue weighted by molar-refractivity contribution is 0.269. The highest BCUT2D eigenvalue weighted by Gasteiger charge is 2.07. The minimum absolute atomic E-state index is 0.549. The van der Waals surface area contributed by atoms with E-state index in [0.717, 1.165) is 36.1 Å². The Kier molecular flexibility index (Phi) is 7.63. The molecule has 0 aromatic heterocycles. The van der Waals surface area contributed by atoms with Crippen LogP contribution in [-0.4, -0.2) is 13.2 Å². The van der Waals surface area contributed by atoms with Gasteiger partial charge >= 0.3 is 0 Å². The largest absolute Gasteiger partial charge is 0.490 e. The van der Waals surface area contributed by atoms with Crippen LogP contribution in [0, 0.1) is 5.92 Å². The Morgan fingerprint density at radius 3 is 2.42 bits per heavy atom. The van der Waals surface area contributed by atoms with Gasteiger partial charge < -0.3 is 14.8 Å². The molecule has 0 unspecified atom stereocenters. The summed E-state index contributed by atoms with van der Waals surface area (Å²) in [6, 6.07) is 16.4. The van der Waals surface area contributed by atoms with Crippen molar-refractivity contribution in [2.24, 2.45) is 5.92 Å². The molecule has 2 aromatic rings. The van der Waals surface area contributed by atoms with Gasteiger partial charge in [-0.3, -0.25) is 0 Å². The molecule has 0 aliphatic carbocycles. The molecular weight excluding hydrogens is 298 g/mol. The number of benzene rings is 2. The lowest BCUT2D eigenvalue weighted by Crippen LogP contribution is -2.16. The lowest BCUT2D eigenvalue weighted by Gasteiger charge is -2.14. The van der Waals surface area contributed by atoms with Crippen LogP contribution in [0.25, 0.3) is 0 Å². The first kappa shape index (κ1) is 18.3. The molecule has 0 saturated heterocycles. The second-order valence-electron chi connectivity index (χ2n) is 6.35. The van der Waals surface area contributed by atoms with E-state index in [4.69, 9.17) is 9.47 Å². The first-order chi connectivity index (χ1) is 11.7. The zero-order chi connectivity index (χ0) is 17.2. The standard InChI is InChI=1S/C21H29NO2/c1-4-23-21-14-19(15-22-13-12-17(2)3)10-11-20(21)24-16-18-8-6-5-7-9-18/h5-11,14,17,22H,4,12-13,15-16H2,1-3H3.